The predicted molar refractivity (Wildman–Crippen MR) is 106 cm³/mol. The lowest BCUT2D eigenvalue weighted by Gasteiger charge is -1.95. The minimum atomic E-state index is 1.10. The van der Waals surface area contributed by atoms with E-state index in [-0.39, 0.29) is 0 Å². The SMILES string of the molecule is C=CCC/C=C\C.CC.Cn1c2ccccc2c2ccccc21. The van der Waals surface area contributed by atoms with Gasteiger partial charge in [0.2, 0.25) is 0 Å². The number of rotatable bonds is 3. The second-order valence-corrected chi connectivity index (χ2v) is 5.03. The Morgan fingerprint density at radius 1 is 0.870 bits per heavy atom. The molecule has 0 bridgehead atoms. The third kappa shape index (κ3) is 4.85. The quantitative estimate of drug-likeness (QED) is 0.367. The van der Waals surface area contributed by atoms with Gasteiger partial charge in [-0.1, -0.05) is 68.5 Å². The molecule has 1 heterocycles. The van der Waals surface area contributed by atoms with E-state index in [0.29, 0.717) is 0 Å². The molecule has 0 saturated carbocycles. The van der Waals surface area contributed by atoms with Gasteiger partial charge < -0.3 is 4.57 Å². The molecule has 3 aromatic rings. The van der Waals surface area contributed by atoms with Crippen LogP contribution in [0, 0.1) is 0 Å². The van der Waals surface area contributed by atoms with Crippen LogP contribution < -0.4 is 0 Å². The zero-order valence-electron chi connectivity index (χ0n) is 14.9. The molecule has 23 heavy (non-hydrogen) atoms. The molecule has 0 amide bonds. The maximum atomic E-state index is 3.60. The van der Waals surface area contributed by atoms with Crippen molar-refractivity contribution in [3.8, 4) is 0 Å². The van der Waals surface area contributed by atoms with Crippen molar-refractivity contribution in [2.24, 2.45) is 7.05 Å². The van der Waals surface area contributed by atoms with Crippen LogP contribution in [0.1, 0.15) is 33.6 Å². The number of hydrogen-bond donors (Lipinski definition) is 0. The van der Waals surface area contributed by atoms with Crippen molar-refractivity contribution in [2.45, 2.75) is 33.6 Å². The third-order valence-corrected chi connectivity index (χ3v) is 3.59. The summed E-state index contributed by atoms with van der Waals surface area (Å²) in [7, 11) is 2.12. The van der Waals surface area contributed by atoms with Crippen LogP contribution in [0.25, 0.3) is 21.8 Å². The van der Waals surface area contributed by atoms with Crippen molar-refractivity contribution in [3.63, 3.8) is 0 Å². The lowest BCUT2D eigenvalue weighted by atomic mass is 10.2. The molecule has 1 nitrogen and oxygen atoms in total. The molecule has 0 aliphatic carbocycles. The van der Waals surface area contributed by atoms with Crippen LogP contribution in [0.3, 0.4) is 0 Å². The summed E-state index contributed by atoms with van der Waals surface area (Å²) >= 11 is 0. The number of unbranched alkanes of at least 4 members (excludes halogenated alkanes) is 1. The first-order valence-corrected chi connectivity index (χ1v) is 8.43. The van der Waals surface area contributed by atoms with Gasteiger partial charge in [-0.3, -0.25) is 0 Å². The molecule has 122 valence electrons. The highest BCUT2D eigenvalue weighted by Gasteiger charge is 2.04. The predicted octanol–water partition coefficient (Wildman–Crippen LogP) is 6.89. The molecule has 2 aromatic carbocycles. The number of para-hydroxylation sites is 2. The Balaban J connectivity index is 0.000000253. The van der Waals surface area contributed by atoms with Crippen molar-refractivity contribution < 1.29 is 0 Å². The molecule has 1 aromatic heterocycles. The van der Waals surface area contributed by atoms with E-state index in [2.05, 4.69) is 78.9 Å². The van der Waals surface area contributed by atoms with E-state index in [0.717, 1.165) is 12.8 Å². The van der Waals surface area contributed by atoms with Crippen LogP contribution in [-0.2, 0) is 7.05 Å². The first kappa shape index (κ1) is 18.8. The molecule has 0 saturated heterocycles. The number of aryl methyl sites for hydroxylation is 1. The van der Waals surface area contributed by atoms with Gasteiger partial charge in [-0.15, -0.1) is 6.58 Å². The van der Waals surface area contributed by atoms with Gasteiger partial charge in [-0.2, -0.15) is 0 Å². The maximum absolute atomic E-state index is 3.60. The van der Waals surface area contributed by atoms with E-state index < -0.39 is 0 Å². The van der Waals surface area contributed by atoms with Crippen molar-refractivity contribution in [1.82, 2.24) is 4.57 Å². The summed E-state index contributed by atoms with van der Waals surface area (Å²) in [6, 6.07) is 17.0. The molecule has 0 radical (unpaired) electrons. The lowest BCUT2D eigenvalue weighted by molar-refractivity contribution is 1.01. The minimum absolute atomic E-state index is 1.10. The zero-order chi connectivity index (χ0) is 17.1. The Labute approximate surface area is 140 Å². The van der Waals surface area contributed by atoms with Gasteiger partial charge in [0.1, 0.15) is 0 Å². The first-order chi connectivity index (χ1) is 11.3. The molecule has 1 heteroatoms. The molecule has 0 aliphatic rings. The molecular weight excluding hydrogens is 278 g/mol. The fraction of sp³-hybridized carbons (Fsp3) is 0.273. The smallest absolute Gasteiger partial charge is 0.0488 e. The van der Waals surface area contributed by atoms with Crippen molar-refractivity contribution in [3.05, 3.63) is 73.3 Å². The van der Waals surface area contributed by atoms with Gasteiger partial charge in [0, 0.05) is 28.9 Å². The maximum Gasteiger partial charge on any atom is 0.0488 e. The monoisotopic (exact) mass is 307 g/mol. The number of benzene rings is 2. The summed E-state index contributed by atoms with van der Waals surface area (Å²) in [6.45, 7) is 9.63. The summed E-state index contributed by atoms with van der Waals surface area (Å²) in [5.41, 5.74) is 2.60. The highest BCUT2D eigenvalue weighted by atomic mass is 14.9. The van der Waals surface area contributed by atoms with Crippen LogP contribution in [-0.4, -0.2) is 4.57 Å². The molecule has 0 aliphatic heterocycles. The van der Waals surface area contributed by atoms with Crippen LogP contribution in [0.15, 0.2) is 73.3 Å². The van der Waals surface area contributed by atoms with Crippen molar-refractivity contribution in [1.29, 1.82) is 0 Å². The van der Waals surface area contributed by atoms with E-state index in [1.807, 2.05) is 26.8 Å². The zero-order valence-corrected chi connectivity index (χ0v) is 14.9. The summed E-state index contributed by atoms with van der Waals surface area (Å²) < 4.78 is 2.24. The third-order valence-electron chi connectivity index (χ3n) is 3.59. The Morgan fingerprint density at radius 2 is 1.35 bits per heavy atom. The largest absolute Gasteiger partial charge is 0.344 e. The highest BCUT2D eigenvalue weighted by Crippen LogP contribution is 2.26. The van der Waals surface area contributed by atoms with Crippen LogP contribution in [0.5, 0.6) is 0 Å². The molecular formula is C22H29N. The number of nitrogens with zero attached hydrogens (tertiary/aromatic N) is 1. The number of hydrogen-bond acceptors (Lipinski definition) is 0. The summed E-state index contributed by atoms with van der Waals surface area (Å²) in [6.07, 6.45) is 8.37. The summed E-state index contributed by atoms with van der Waals surface area (Å²) in [5.74, 6) is 0. The fourth-order valence-electron chi connectivity index (χ4n) is 2.50. The molecule has 0 N–H and O–H groups in total. The van der Waals surface area contributed by atoms with Crippen LogP contribution in [0.2, 0.25) is 0 Å². The fourth-order valence-corrected chi connectivity index (χ4v) is 2.50. The molecule has 0 spiro atoms. The Morgan fingerprint density at radius 3 is 1.78 bits per heavy atom. The Kier molecular flexibility index (Phi) is 8.52. The van der Waals surface area contributed by atoms with E-state index in [1.165, 1.54) is 21.8 Å². The van der Waals surface area contributed by atoms with Gasteiger partial charge in [-0.05, 0) is 31.9 Å². The van der Waals surface area contributed by atoms with E-state index >= 15 is 0 Å². The minimum Gasteiger partial charge on any atom is -0.344 e. The number of fused-ring (bicyclic) bond motifs is 3. The van der Waals surface area contributed by atoms with E-state index in [9.17, 15) is 0 Å². The van der Waals surface area contributed by atoms with Gasteiger partial charge in [0.25, 0.3) is 0 Å². The topological polar surface area (TPSA) is 4.93 Å². The van der Waals surface area contributed by atoms with E-state index in [4.69, 9.17) is 0 Å². The second-order valence-electron chi connectivity index (χ2n) is 5.03. The molecule has 0 fully saturated rings. The van der Waals surface area contributed by atoms with Crippen molar-refractivity contribution >= 4 is 21.8 Å². The first-order valence-electron chi connectivity index (χ1n) is 8.43. The van der Waals surface area contributed by atoms with Gasteiger partial charge in [0.05, 0.1) is 0 Å². The van der Waals surface area contributed by atoms with Crippen molar-refractivity contribution in [2.75, 3.05) is 0 Å². The standard InChI is InChI=1S/C13H11N.C7H12.C2H6/c1-14-12-8-4-2-6-10(12)11-7-3-5-9-13(11)14;1-3-5-7-6-4-2;1-2/h2-9H,1H3;3-4,6H,1,5,7H2,2H3;1-2H3/b;6-4-;. The average molecular weight is 307 g/mol. The summed E-state index contributed by atoms with van der Waals surface area (Å²) in [5, 5.41) is 2.68. The summed E-state index contributed by atoms with van der Waals surface area (Å²) in [4.78, 5) is 0. The van der Waals surface area contributed by atoms with Crippen LogP contribution >= 0.6 is 0 Å². The van der Waals surface area contributed by atoms with Gasteiger partial charge in [-0.25, -0.2) is 0 Å². The van der Waals surface area contributed by atoms with Gasteiger partial charge >= 0.3 is 0 Å². The van der Waals surface area contributed by atoms with Crippen LogP contribution in [0.4, 0.5) is 0 Å². The Bertz CT molecular complexity index is 694. The molecule has 3 rings (SSSR count). The molecule has 0 unspecified atom stereocenters. The number of aromatic nitrogens is 1. The normalized spacial score (nSPS) is 10.1. The second kappa shape index (κ2) is 10.4. The molecule has 0 atom stereocenters. The highest BCUT2D eigenvalue weighted by molar-refractivity contribution is 6.07. The number of allylic oxidation sites excluding steroid dienone is 3. The Hall–Kier alpha value is -2.28. The van der Waals surface area contributed by atoms with Gasteiger partial charge in [0.15, 0.2) is 0 Å². The average Bonchev–Trinajstić information content (AvgIpc) is 2.92. The lowest BCUT2D eigenvalue weighted by Crippen LogP contribution is -1.84. The van der Waals surface area contributed by atoms with E-state index in [1.54, 1.807) is 0 Å².